The zero-order chi connectivity index (χ0) is 20.6. The van der Waals surface area contributed by atoms with Crippen LogP contribution in [-0.2, 0) is 9.59 Å². The highest BCUT2D eigenvalue weighted by Crippen LogP contribution is 2.23. The molecule has 0 aliphatic carbocycles. The van der Waals surface area contributed by atoms with Crippen molar-refractivity contribution in [3.63, 3.8) is 0 Å². The van der Waals surface area contributed by atoms with Gasteiger partial charge in [-0.25, -0.2) is 0 Å². The van der Waals surface area contributed by atoms with Gasteiger partial charge in [0, 0.05) is 37.9 Å². The Hall–Kier alpha value is -3.30. The predicted octanol–water partition coefficient (Wildman–Crippen LogP) is 1.79. The minimum atomic E-state index is -0.519. The van der Waals surface area contributed by atoms with E-state index in [1.807, 2.05) is 40.1 Å². The second-order valence-electron chi connectivity index (χ2n) is 6.79. The molecule has 1 fully saturated rings. The molecule has 0 atom stereocenters. The molecule has 9 nitrogen and oxygen atoms in total. The standard InChI is InChI=1S/C20H23N5O4/c26-19(21-16-6-2-1-3-7-16)14-23-10-12-24(13-11-23)15-20(27)22-17-8-4-5-9-18(17)25(28)29/h1-9H,10-15H2,(H,21,26)(H,22,27). The average molecular weight is 397 g/mol. The van der Waals surface area contributed by atoms with Crippen molar-refractivity contribution in [1.29, 1.82) is 0 Å². The fourth-order valence-corrected chi connectivity index (χ4v) is 3.16. The Morgan fingerprint density at radius 3 is 1.93 bits per heavy atom. The molecule has 1 saturated heterocycles. The van der Waals surface area contributed by atoms with Crippen LogP contribution in [0.25, 0.3) is 0 Å². The number of para-hydroxylation sites is 3. The topological polar surface area (TPSA) is 108 Å². The maximum atomic E-state index is 12.3. The second-order valence-corrected chi connectivity index (χ2v) is 6.79. The SMILES string of the molecule is O=C(CN1CCN(CC(=O)Nc2ccccc2[N+](=O)[O-])CC1)Nc1ccccc1. The van der Waals surface area contributed by atoms with Crippen LogP contribution >= 0.6 is 0 Å². The molecule has 0 spiro atoms. The van der Waals surface area contributed by atoms with Crippen molar-refractivity contribution in [2.75, 3.05) is 49.9 Å². The van der Waals surface area contributed by atoms with E-state index in [1.165, 1.54) is 12.1 Å². The van der Waals surface area contributed by atoms with Crippen LogP contribution < -0.4 is 10.6 Å². The van der Waals surface area contributed by atoms with Gasteiger partial charge in [-0.3, -0.25) is 29.5 Å². The Morgan fingerprint density at radius 1 is 0.828 bits per heavy atom. The van der Waals surface area contributed by atoms with E-state index >= 15 is 0 Å². The van der Waals surface area contributed by atoms with Crippen molar-refractivity contribution >= 4 is 28.9 Å². The van der Waals surface area contributed by atoms with Crippen LogP contribution in [0.15, 0.2) is 54.6 Å². The Kier molecular flexibility index (Phi) is 6.88. The Balaban J connectivity index is 1.42. The highest BCUT2D eigenvalue weighted by atomic mass is 16.6. The number of nitro benzene ring substituents is 1. The normalized spacial score (nSPS) is 14.9. The summed E-state index contributed by atoms with van der Waals surface area (Å²) < 4.78 is 0. The summed E-state index contributed by atoms with van der Waals surface area (Å²) in [4.78, 5) is 38.9. The highest BCUT2D eigenvalue weighted by Gasteiger charge is 2.22. The quantitative estimate of drug-likeness (QED) is 0.545. The van der Waals surface area contributed by atoms with Gasteiger partial charge in [-0.15, -0.1) is 0 Å². The molecule has 152 valence electrons. The number of benzene rings is 2. The molecule has 1 aliphatic rings. The second kappa shape index (κ2) is 9.76. The summed E-state index contributed by atoms with van der Waals surface area (Å²) in [5.41, 5.74) is 0.830. The fraction of sp³-hybridized carbons (Fsp3) is 0.300. The number of anilines is 2. The molecule has 0 aromatic heterocycles. The predicted molar refractivity (Wildman–Crippen MR) is 110 cm³/mol. The molecule has 0 bridgehead atoms. The molecule has 0 radical (unpaired) electrons. The van der Waals surface area contributed by atoms with Gasteiger partial charge in [-0.1, -0.05) is 30.3 Å². The van der Waals surface area contributed by atoms with E-state index in [1.54, 1.807) is 12.1 Å². The Morgan fingerprint density at radius 2 is 1.34 bits per heavy atom. The molecule has 2 N–H and O–H groups in total. The van der Waals surface area contributed by atoms with E-state index in [-0.39, 0.29) is 29.7 Å². The van der Waals surface area contributed by atoms with Gasteiger partial charge in [0.2, 0.25) is 11.8 Å². The summed E-state index contributed by atoms with van der Waals surface area (Å²) in [6, 6.07) is 15.4. The molecule has 2 aromatic carbocycles. The summed E-state index contributed by atoms with van der Waals surface area (Å²) in [6.45, 7) is 3.06. The Labute approximate surface area is 168 Å². The van der Waals surface area contributed by atoms with Crippen LogP contribution in [0.5, 0.6) is 0 Å². The highest BCUT2D eigenvalue weighted by molar-refractivity contribution is 5.94. The van der Waals surface area contributed by atoms with E-state index < -0.39 is 4.92 Å². The van der Waals surface area contributed by atoms with E-state index in [0.29, 0.717) is 32.7 Å². The van der Waals surface area contributed by atoms with Crippen LogP contribution in [0.2, 0.25) is 0 Å². The van der Waals surface area contributed by atoms with Gasteiger partial charge in [0.15, 0.2) is 0 Å². The molecule has 9 heteroatoms. The van der Waals surface area contributed by atoms with Gasteiger partial charge in [0.1, 0.15) is 5.69 Å². The lowest BCUT2D eigenvalue weighted by atomic mass is 10.2. The van der Waals surface area contributed by atoms with Crippen molar-refractivity contribution in [1.82, 2.24) is 9.80 Å². The fourth-order valence-electron chi connectivity index (χ4n) is 3.16. The lowest BCUT2D eigenvalue weighted by Crippen LogP contribution is -2.50. The summed E-state index contributed by atoms with van der Waals surface area (Å²) >= 11 is 0. The van der Waals surface area contributed by atoms with Crippen molar-refractivity contribution in [2.24, 2.45) is 0 Å². The number of hydrogen-bond acceptors (Lipinski definition) is 6. The van der Waals surface area contributed by atoms with Crippen LogP contribution in [-0.4, -0.2) is 65.8 Å². The first-order valence-electron chi connectivity index (χ1n) is 9.34. The van der Waals surface area contributed by atoms with Crippen molar-refractivity contribution < 1.29 is 14.5 Å². The zero-order valence-electron chi connectivity index (χ0n) is 15.9. The minimum absolute atomic E-state index is 0.0706. The minimum Gasteiger partial charge on any atom is -0.325 e. The molecular formula is C20H23N5O4. The average Bonchev–Trinajstić information content (AvgIpc) is 2.70. The lowest BCUT2D eigenvalue weighted by Gasteiger charge is -2.33. The summed E-state index contributed by atoms with van der Waals surface area (Å²) in [7, 11) is 0. The van der Waals surface area contributed by atoms with Gasteiger partial charge in [-0.2, -0.15) is 0 Å². The third-order valence-corrected chi connectivity index (χ3v) is 4.63. The maximum absolute atomic E-state index is 12.3. The number of carbonyl (C=O) groups excluding carboxylic acids is 2. The largest absolute Gasteiger partial charge is 0.325 e. The zero-order valence-corrected chi connectivity index (χ0v) is 15.9. The Bertz CT molecular complexity index is 866. The molecule has 3 rings (SSSR count). The maximum Gasteiger partial charge on any atom is 0.292 e. The number of nitro groups is 1. The van der Waals surface area contributed by atoms with Gasteiger partial charge >= 0.3 is 0 Å². The van der Waals surface area contributed by atoms with Gasteiger partial charge in [0.25, 0.3) is 5.69 Å². The monoisotopic (exact) mass is 397 g/mol. The summed E-state index contributed by atoms with van der Waals surface area (Å²) in [6.07, 6.45) is 0. The molecule has 1 aliphatic heterocycles. The molecule has 29 heavy (non-hydrogen) atoms. The summed E-state index contributed by atoms with van der Waals surface area (Å²) in [5, 5.41) is 16.5. The third-order valence-electron chi connectivity index (χ3n) is 4.63. The van der Waals surface area contributed by atoms with Crippen LogP contribution in [0, 0.1) is 10.1 Å². The van der Waals surface area contributed by atoms with E-state index in [9.17, 15) is 19.7 Å². The van der Waals surface area contributed by atoms with Crippen molar-refractivity contribution in [3.8, 4) is 0 Å². The van der Waals surface area contributed by atoms with Crippen molar-refractivity contribution in [2.45, 2.75) is 0 Å². The van der Waals surface area contributed by atoms with Crippen LogP contribution in [0.1, 0.15) is 0 Å². The molecule has 1 heterocycles. The first-order chi connectivity index (χ1) is 14.0. The molecular weight excluding hydrogens is 374 g/mol. The van der Waals surface area contributed by atoms with Crippen LogP contribution in [0.4, 0.5) is 17.1 Å². The van der Waals surface area contributed by atoms with E-state index in [4.69, 9.17) is 0 Å². The molecule has 2 amide bonds. The molecule has 0 unspecified atom stereocenters. The number of hydrogen-bond donors (Lipinski definition) is 2. The van der Waals surface area contributed by atoms with E-state index in [2.05, 4.69) is 10.6 Å². The lowest BCUT2D eigenvalue weighted by molar-refractivity contribution is -0.383. The number of carbonyl (C=O) groups is 2. The molecule has 2 aromatic rings. The third kappa shape index (κ3) is 6.09. The van der Waals surface area contributed by atoms with Gasteiger partial charge in [0.05, 0.1) is 18.0 Å². The number of rotatable bonds is 7. The smallest absolute Gasteiger partial charge is 0.292 e. The van der Waals surface area contributed by atoms with Crippen LogP contribution in [0.3, 0.4) is 0 Å². The van der Waals surface area contributed by atoms with E-state index in [0.717, 1.165) is 5.69 Å². The first kappa shape index (κ1) is 20.4. The van der Waals surface area contributed by atoms with Gasteiger partial charge < -0.3 is 10.6 Å². The number of amides is 2. The summed E-state index contributed by atoms with van der Waals surface area (Å²) in [5.74, 6) is -0.367. The van der Waals surface area contributed by atoms with Crippen molar-refractivity contribution in [3.05, 3.63) is 64.7 Å². The molecule has 0 saturated carbocycles. The first-order valence-corrected chi connectivity index (χ1v) is 9.34. The number of nitrogens with zero attached hydrogens (tertiary/aromatic N) is 3. The number of nitrogens with one attached hydrogen (secondary N) is 2. The number of piperazine rings is 1. The van der Waals surface area contributed by atoms with Gasteiger partial charge in [-0.05, 0) is 18.2 Å².